The van der Waals surface area contributed by atoms with Gasteiger partial charge < -0.3 is 78.8 Å². The molecule has 0 saturated carbocycles. The van der Waals surface area contributed by atoms with E-state index in [1.807, 2.05) is 36.4 Å². The van der Waals surface area contributed by atoms with Gasteiger partial charge >= 0.3 is 0 Å². The fourth-order valence-electron chi connectivity index (χ4n) is 6.92. The molecule has 4 aromatic carbocycles. The Kier molecular flexibility index (Phi) is 17.7. The van der Waals surface area contributed by atoms with Gasteiger partial charge in [-0.25, -0.2) is 0 Å². The van der Waals surface area contributed by atoms with E-state index < -0.39 is 0 Å². The number of nitrogens with two attached hydrogens (primary N) is 5. The van der Waals surface area contributed by atoms with Gasteiger partial charge in [-0.2, -0.15) is 0 Å². The van der Waals surface area contributed by atoms with Crippen LogP contribution in [0.5, 0.6) is 23.0 Å². The normalized spacial score (nSPS) is 10.8. The number of hydrogen-bond donors (Lipinski definition) is 15. The van der Waals surface area contributed by atoms with Gasteiger partial charge in [-0.05, 0) is 103 Å². The molecule has 0 fully saturated rings. The average Bonchev–Trinajstić information content (AvgIpc) is 3.56. The topological polar surface area (TPSA) is 351 Å². The van der Waals surface area contributed by atoms with Gasteiger partial charge in [0.15, 0.2) is 29.8 Å². The first-order valence-corrected chi connectivity index (χ1v) is 21.1. The van der Waals surface area contributed by atoms with E-state index >= 15 is 0 Å². The zero-order valence-electron chi connectivity index (χ0n) is 36.0. The number of aryl methyl sites for hydroxylation is 1. The Balaban J connectivity index is 1.53. The summed E-state index contributed by atoms with van der Waals surface area (Å²) in [6, 6.07) is 24.4. The Labute approximate surface area is 372 Å². The predicted octanol–water partition coefficient (Wildman–Crippen LogP) is 3.01. The molecule has 5 rings (SSSR count). The molecule has 342 valence electrons. The second-order valence-corrected chi connectivity index (χ2v) is 14.9. The second-order valence-electron chi connectivity index (χ2n) is 14.9. The van der Waals surface area contributed by atoms with Crippen LogP contribution in [-0.2, 0) is 6.54 Å². The van der Waals surface area contributed by atoms with Crippen LogP contribution in [0.4, 0.5) is 0 Å². The van der Waals surface area contributed by atoms with Crippen LogP contribution in [-0.4, -0.2) is 93.5 Å². The molecule has 64 heavy (non-hydrogen) atoms. The fourth-order valence-corrected chi connectivity index (χ4v) is 6.92. The molecule has 20 N–H and O–H groups in total. The molecular formula is C44H62N16O4. The van der Waals surface area contributed by atoms with Crippen LogP contribution in [0.15, 0.2) is 72.8 Å². The number of guanidine groups is 5. The van der Waals surface area contributed by atoms with Gasteiger partial charge in [0.05, 0.1) is 26.4 Å². The van der Waals surface area contributed by atoms with Crippen molar-refractivity contribution >= 4 is 51.6 Å². The summed E-state index contributed by atoms with van der Waals surface area (Å²) in [6.07, 6.45) is 3.26. The largest absolute Gasteiger partial charge is 0.493 e. The monoisotopic (exact) mass is 879 g/mol. The van der Waals surface area contributed by atoms with Crippen LogP contribution in [0.25, 0.3) is 44.1 Å². The average molecular weight is 879 g/mol. The van der Waals surface area contributed by atoms with Crippen LogP contribution < -0.4 is 74.2 Å². The molecule has 0 radical (unpaired) electrons. The highest BCUT2D eigenvalue weighted by Gasteiger charge is 2.16. The van der Waals surface area contributed by atoms with Crippen molar-refractivity contribution in [2.24, 2.45) is 28.7 Å². The molecule has 20 heteroatoms. The van der Waals surface area contributed by atoms with E-state index in [0.29, 0.717) is 114 Å². The van der Waals surface area contributed by atoms with Gasteiger partial charge in [0, 0.05) is 73.2 Å². The summed E-state index contributed by atoms with van der Waals surface area (Å²) < 4.78 is 27.0. The lowest BCUT2D eigenvalue weighted by molar-refractivity contribution is 0.296. The lowest BCUT2D eigenvalue weighted by Crippen LogP contribution is -2.31. The zero-order valence-corrected chi connectivity index (χ0v) is 36.0. The summed E-state index contributed by atoms with van der Waals surface area (Å²) in [4.78, 5) is 0. The number of nitrogens with one attached hydrogen (secondary N) is 10. The summed E-state index contributed by atoms with van der Waals surface area (Å²) >= 11 is 0. The van der Waals surface area contributed by atoms with Crippen molar-refractivity contribution in [3.05, 3.63) is 72.8 Å². The molecule has 0 atom stereocenters. The number of fused-ring (bicyclic) bond motifs is 3. The molecule has 0 spiro atoms. The van der Waals surface area contributed by atoms with Crippen molar-refractivity contribution in [3.8, 4) is 45.3 Å². The van der Waals surface area contributed by atoms with E-state index in [-0.39, 0.29) is 29.8 Å². The Morgan fingerprint density at radius 3 is 0.984 bits per heavy atom. The number of nitrogens with zero attached hydrogens (tertiary/aromatic N) is 1. The van der Waals surface area contributed by atoms with E-state index in [1.54, 1.807) is 0 Å². The van der Waals surface area contributed by atoms with Gasteiger partial charge in [0.25, 0.3) is 0 Å². The molecule has 0 aliphatic carbocycles. The van der Waals surface area contributed by atoms with Crippen LogP contribution in [0.2, 0.25) is 0 Å². The number of ether oxygens (including phenoxy) is 4. The van der Waals surface area contributed by atoms with Crippen molar-refractivity contribution < 1.29 is 18.9 Å². The molecule has 0 unspecified atom stereocenters. The van der Waals surface area contributed by atoms with Gasteiger partial charge in [-0.3, -0.25) is 27.0 Å². The first-order valence-electron chi connectivity index (χ1n) is 21.1. The predicted molar refractivity (Wildman–Crippen MR) is 255 cm³/mol. The van der Waals surface area contributed by atoms with E-state index in [2.05, 4.69) is 67.5 Å². The molecule has 0 bridgehead atoms. The number of benzene rings is 4. The molecule has 20 nitrogen and oxygen atoms in total. The van der Waals surface area contributed by atoms with Crippen LogP contribution >= 0.6 is 0 Å². The standard InChI is InChI=1S/C44H62N16O4/c45-40(46)55-10-1-15-60-38-8-6-28(30-20-32(61-16-2-11-56-41(47)48)26-33(21-30)62-17-3-12-57-42(49)50)24-36(38)37-25-29(7-9-39(37)60)31-22-34(63-18-4-13-58-43(51)52)27-35(23-31)64-19-5-14-59-44(53)54/h6-9,20-27H,1-5,10-19H2,(H4,45,46,55)(H4,47,48,56)(H4,49,50,57)(H4,51,52,58)(H4,53,54,59). The van der Waals surface area contributed by atoms with E-state index in [1.165, 1.54) is 0 Å². The molecule has 1 heterocycles. The van der Waals surface area contributed by atoms with Crippen LogP contribution in [0.1, 0.15) is 32.1 Å². The minimum absolute atomic E-state index is 0.0680. The minimum atomic E-state index is -0.0898. The van der Waals surface area contributed by atoms with Gasteiger partial charge in [0.2, 0.25) is 0 Å². The Hall–Kier alpha value is -7.77. The van der Waals surface area contributed by atoms with Crippen molar-refractivity contribution in [1.29, 1.82) is 27.0 Å². The summed E-state index contributed by atoms with van der Waals surface area (Å²) in [5, 5.41) is 53.6. The molecule has 0 saturated heterocycles. The number of aromatic nitrogens is 1. The third-order valence-corrected chi connectivity index (χ3v) is 9.79. The first kappa shape index (κ1) is 47.3. The van der Waals surface area contributed by atoms with Gasteiger partial charge in [0.1, 0.15) is 23.0 Å². The molecular weight excluding hydrogens is 817 g/mol. The summed E-state index contributed by atoms with van der Waals surface area (Å²) in [7, 11) is 0. The molecule has 0 aliphatic rings. The van der Waals surface area contributed by atoms with Crippen molar-refractivity contribution in [3.63, 3.8) is 0 Å². The summed E-state index contributed by atoms with van der Waals surface area (Å²) in [5.74, 6) is 2.09. The third-order valence-electron chi connectivity index (χ3n) is 9.79. The Morgan fingerprint density at radius 1 is 0.391 bits per heavy atom. The van der Waals surface area contributed by atoms with E-state index in [4.69, 9.17) is 74.7 Å². The second kappa shape index (κ2) is 24.0. The Bertz CT molecular complexity index is 2160. The lowest BCUT2D eigenvalue weighted by Gasteiger charge is -2.14. The first-order chi connectivity index (χ1) is 30.9. The smallest absolute Gasteiger partial charge is 0.185 e. The number of rotatable bonds is 26. The van der Waals surface area contributed by atoms with Crippen LogP contribution in [0, 0.1) is 27.0 Å². The SMILES string of the molecule is N=C(N)NCCCOc1cc(OCCCNC(=N)N)cc(-c2ccc3c(c2)c2cc(-c4cc(OCCCNC(=N)N)cc(OCCCNC(=N)N)c4)ccc2n3CCCNC(=N)N)c1. The van der Waals surface area contributed by atoms with Crippen molar-refractivity contribution in [2.45, 2.75) is 38.6 Å². The molecule has 1 aromatic heterocycles. The summed E-state index contributed by atoms with van der Waals surface area (Å²) in [6.45, 7) is 4.81. The Morgan fingerprint density at radius 2 is 0.688 bits per heavy atom. The highest BCUT2D eigenvalue weighted by atomic mass is 16.5. The van der Waals surface area contributed by atoms with Gasteiger partial charge in [-0.15, -0.1) is 0 Å². The van der Waals surface area contributed by atoms with Gasteiger partial charge in [-0.1, -0.05) is 12.1 Å². The third kappa shape index (κ3) is 15.0. The fraction of sp³-hybridized carbons (Fsp3) is 0.341. The van der Waals surface area contributed by atoms with Crippen molar-refractivity contribution in [2.75, 3.05) is 59.2 Å². The quantitative estimate of drug-likeness (QED) is 0.0216. The lowest BCUT2D eigenvalue weighted by atomic mass is 9.99. The highest BCUT2D eigenvalue weighted by molar-refractivity contribution is 6.10. The highest BCUT2D eigenvalue weighted by Crippen LogP contribution is 2.38. The van der Waals surface area contributed by atoms with E-state index in [9.17, 15) is 0 Å². The maximum absolute atomic E-state index is 7.63. The number of hydrogen-bond acceptors (Lipinski definition) is 9. The minimum Gasteiger partial charge on any atom is -0.493 e. The van der Waals surface area contributed by atoms with E-state index in [0.717, 1.165) is 50.5 Å². The molecule has 5 aromatic rings. The zero-order chi connectivity index (χ0) is 45.8. The summed E-state index contributed by atoms with van der Waals surface area (Å²) in [5.41, 5.74) is 33.2. The van der Waals surface area contributed by atoms with Crippen LogP contribution in [0.3, 0.4) is 0 Å². The maximum atomic E-state index is 7.63. The maximum Gasteiger partial charge on any atom is 0.185 e. The molecule has 0 amide bonds. The van der Waals surface area contributed by atoms with Crippen molar-refractivity contribution in [1.82, 2.24) is 31.2 Å². The molecule has 0 aliphatic heterocycles.